The number of rotatable bonds is 1. The molecule has 1 nitrogen and oxygen atoms in total. The van der Waals surface area contributed by atoms with Crippen LogP contribution in [0.25, 0.3) is 0 Å². The van der Waals surface area contributed by atoms with Gasteiger partial charge in [0.2, 0.25) is 0 Å². The summed E-state index contributed by atoms with van der Waals surface area (Å²) >= 11 is 0. The fourth-order valence-corrected chi connectivity index (χ4v) is 0.728. The van der Waals surface area contributed by atoms with E-state index in [4.69, 9.17) is 5.11 Å². The van der Waals surface area contributed by atoms with E-state index in [1.807, 2.05) is 0 Å². The number of halogens is 3. The molecule has 1 aromatic rings. The summed E-state index contributed by atoms with van der Waals surface area (Å²) in [5, 5.41) is 8.69. The van der Waals surface area contributed by atoms with Crippen molar-refractivity contribution in [2.24, 2.45) is 0 Å². The second kappa shape index (κ2) is 4.67. The molecule has 0 saturated heterocycles. The quantitative estimate of drug-likeness (QED) is 0.676. The van der Waals surface area contributed by atoms with E-state index >= 15 is 0 Å². The van der Waals surface area contributed by atoms with E-state index in [9.17, 15) is 12.9 Å². The van der Waals surface area contributed by atoms with Crippen molar-refractivity contribution in [2.75, 3.05) is 0 Å². The van der Waals surface area contributed by atoms with Gasteiger partial charge in [-0.3, -0.25) is 0 Å². The SMILES string of the molecule is Oc1cccc([B-](F)(F)F)c1.[H+].[K]. The normalized spacial score (nSPS) is 10.6. The molecule has 0 aromatic heterocycles. The molecule has 6 heteroatoms. The summed E-state index contributed by atoms with van der Waals surface area (Å²) in [4.78, 5) is 0. The summed E-state index contributed by atoms with van der Waals surface area (Å²) in [6, 6.07) is 4.00. The van der Waals surface area contributed by atoms with E-state index in [0.29, 0.717) is 6.07 Å². The third-order valence-electron chi connectivity index (χ3n) is 1.25. The van der Waals surface area contributed by atoms with Crippen LogP contribution in [0.4, 0.5) is 12.9 Å². The fourth-order valence-electron chi connectivity index (χ4n) is 0.728. The van der Waals surface area contributed by atoms with Crippen molar-refractivity contribution in [1.29, 1.82) is 0 Å². The molecule has 61 valence electrons. The fraction of sp³-hybridized carbons (Fsp3) is 0. The van der Waals surface area contributed by atoms with Gasteiger partial charge in [0.15, 0.2) is 0 Å². The van der Waals surface area contributed by atoms with Crippen LogP contribution >= 0.6 is 0 Å². The Balaban J connectivity index is 0. The smallest absolute Gasteiger partial charge is 0.508 e. The summed E-state index contributed by atoms with van der Waals surface area (Å²) in [7, 11) is 0. The molecule has 12 heavy (non-hydrogen) atoms. The van der Waals surface area contributed by atoms with Crippen LogP contribution in [-0.4, -0.2) is 63.5 Å². The van der Waals surface area contributed by atoms with Gasteiger partial charge in [0.25, 0.3) is 0 Å². The topological polar surface area (TPSA) is 20.2 Å². The third-order valence-corrected chi connectivity index (χ3v) is 1.25. The number of aromatic hydroxyl groups is 1. The Kier molecular flexibility index (Phi) is 4.86. The molecule has 0 aliphatic rings. The van der Waals surface area contributed by atoms with Crippen LogP contribution < -0.4 is 5.46 Å². The first-order chi connectivity index (χ1) is 5.00. The maximum Gasteiger partial charge on any atom is 1.00 e. The van der Waals surface area contributed by atoms with Gasteiger partial charge in [0.05, 0.1) is 0 Å². The number of phenols is 1. The molecular weight excluding hydrogens is 195 g/mol. The molecule has 1 N–H and O–H groups in total. The summed E-state index contributed by atoms with van der Waals surface area (Å²) in [5.74, 6) is -0.360. The van der Waals surface area contributed by atoms with Crippen LogP contribution in [0.15, 0.2) is 24.3 Å². The van der Waals surface area contributed by atoms with Gasteiger partial charge in [0.1, 0.15) is 5.75 Å². The van der Waals surface area contributed by atoms with Crippen molar-refractivity contribution in [3.05, 3.63) is 24.3 Å². The zero-order valence-corrected chi connectivity index (χ0v) is 9.59. The van der Waals surface area contributed by atoms with Gasteiger partial charge >= 0.3 is 8.40 Å². The molecule has 0 aliphatic heterocycles. The molecule has 0 spiro atoms. The largest absolute Gasteiger partial charge is 1.00 e. The Morgan fingerprint density at radius 2 is 1.83 bits per heavy atom. The van der Waals surface area contributed by atoms with Gasteiger partial charge in [-0.25, -0.2) is 0 Å². The van der Waals surface area contributed by atoms with Crippen molar-refractivity contribution in [1.82, 2.24) is 0 Å². The van der Waals surface area contributed by atoms with Gasteiger partial charge in [0, 0.05) is 51.4 Å². The van der Waals surface area contributed by atoms with Crippen molar-refractivity contribution in [2.45, 2.75) is 0 Å². The minimum Gasteiger partial charge on any atom is -0.508 e. The van der Waals surface area contributed by atoms with Gasteiger partial charge in [-0.1, -0.05) is 12.1 Å². The van der Waals surface area contributed by atoms with Gasteiger partial charge in [-0.15, -0.1) is 5.46 Å². The van der Waals surface area contributed by atoms with Crippen LogP contribution in [0, 0.1) is 0 Å². The molecule has 0 aliphatic carbocycles. The first-order valence-electron chi connectivity index (χ1n) is 2.99. The molecule has 0 saturated carbocycles. The average molecular weight is 201 g/mol. The van der Waals surface area contributed by atoms with Gasteiger partial charge < -0.3 is 18.1 Å². The van der Waals surface area contributed by atoms with Gasteiger partial charge in [-0.05, 0) is 12.1 Å². The number of phenolic OH excluding ortho intramolecular Hbond substituents is 1. The zero-order chi connectivity index (χ0) is 8.48. The molecule has 0 atom stereocenters. The molecule has 0 heterocycles. The first kappa shape index (κ1) is 12.5. The maximum absolute atomic E-state index is 11.9. The minimum absolute atomic E-state index is 0. The Labute approximate surface area is 112 Å². The zero-order valence-electron chi connectivity index (χ0n) is 7.47. The molecule has 0 amide bonds. The Bertz CT molecular complexity index is 268. The maximum atomic E-state index is 11.9. The van der Waals surface area contributed by atoms with Gasteiger partial charge in [-0.2, -0.15) is 0 Å². The molecule has 1 aromatic carbocycles. The monoisotopic (exact) mass is 201 g/mol. The van der Waals surface area contributed by atoms with Crippen LogP contribution in [-0.2, 0) is 0 Å². The minimum atomic E-state index is -4.98. The Morgan fingerprint density at radius 1 is 1.25 bits per heavy atom. The summed E-state index contributed by atoms with van der Waals surface area (Å²) in [6.45, 7) is -4.98. The van der Waals surface area contributed by atoms with Crippen LogP contribution in [0.1, 0.15) is 1.43 Å². The number of hydrogen-bond donors (Lipinski definition) is 1. The number of hydrogen-bond acceptors (Lipinski definition) is 1. The average Bonchev–Trinajstić information content (AvgIpc) is 1.86. The van der Waals surface area contributed by atoms with Crippen LogP contribution in [0.3, 0.4) is 0 Å². The molecule has 0 unspecified atom stereocenters. The third kappa shape index (κ3) is 3.49. The predicted molar refractivity (Wildman–Crippen MR) is 43.7 cm³/mol. The van der Waals surface area contributed by atoms with E-state index < -0.39 is 12.4 Å². The predicted octanol–water partition coefficient (Wildman–Crippen LogP) is 1.18. The van der Waals surface area contributed by atoms with E-state index in [0.717, 1.165) is 6.07 Å². The second-order valence-corrected chi connectivity index (χ2v) is 2.17. The van der Waals surface area contributed by atoms with E-state index in [1.54, 1.807) is 0 Å². The van der Waals surface area contributed by atoms with Crippen molar-refractivity contribution >= 4 is 63.8 Å². The van der Waals surface area contributed by atoms with Crippen LogP contribution in [0.2, 0.25) is 0 Å². The van der Waals surface area contributed by atoms with E-state index in [2.05, 4.69) is 0 Å². The van der Waals surface area contributed by atoms with Crippen LogP contribution in [0.5, 0.6) is 5.75 Å². The standard InChI is InChI=1S/C6H5BF3O.K/c8-7(9,10)5-2-1-3-6(11)4-5;/h1-4,11H;/q-1;/p+1. The molecule has 0 fully saturated rings. The van der Waals surface area contributed by atoms with Crippen molar-refractivity contribution in [3.63, 3.8) is 0 Å². The molecule has 0 bridgehead atoms. The van der Waals surface area contributed by atoms with Crippen molar-refractivity contribution < 1.29 is 19.5 Å². The molecule has 1 rings (SSSR count). The molecule has 1 radical (unpaired) electrons. The van der Waals surface area contributed by atoms with Crippen molar-refractivity contribution in [3.8, 4) is 5.75 Å². The summed E-state index contributed by atoms with van der Waals surface area (Å²) < 4.78 is 35.8. The number of benzene rings is 1. The van der Waals surface area contributed by atoms with E-state index in [-0.39, 0.29) is 58.6 Å². The molecular formula is C6H6BF3KO. The summed E-state index contributed by atoms with van der Waals surface area (Å²) in [5.41, 5.74) is -0.773. The summed E-state index contributed by atoms with van der Waals surface area (Å²) in [6.07, 6.45) is 0. The second-order valence-electron chi connectivity index (χ2n) is 2.17. The van der Waals surface area contributed by atoms with E-state index in [1.165, 1.54) is 12.1 Å². The Hall–Kier alpha value is 0.511. The first-order valence-corrected chi connectivity index (χ1v) is 2.99. The Morgan fingerprint density at radius 3 is 2.17 bits per heavy atom.